The van der Waals surface area contributed by atoms with E-state index >= 15 is 0 Å². The van der Waals surface area contributed by atoms with Gasteiger partial charge in [-0.25, -0.2) is 0 Å². The summed E-state index contributed by atoms with van der Waals surface area (Å²) in [6.07, 6.45) is 1.62. The first-order valence-electron chi connectivity index (χ1n) is 10.5. The van der Waals surface area contributed by atoms with Gasteiger partial charge in [0, 0.05) is 12.2 Å². The van der Waals surface area contributed by atoms with E-state index in [4.69, 9.17) is 23.7 Å². The first-order chi connectivity index (χ1) is 14.7. The second kappa shape index (κ2) is 7.78. The molecule has 0 bridgehead atoms. The van der Waals surface area contributed by atoms with E-state index in [9.17, 15) is 4.79 Å². The Hall–Kier alpha value is -2.25. The highest BCUT2D eigenvalue weighted by Crippen LogP contribution is 2.54. The predicted octanol–water partition coefficient (Wildman–Crippen LogP) is 3.62. The van der Waals surface area contributed by atoms with Crippen LogP contribution in [0, 0.1) is 0 Å². The number of carbonyl (C=O) groups is 1. The number of Topliss-reactive ketones (excluding diaryl/α,β-unsaturated/α-hetero) is 1. The van der Waals surface area contributed by atoms with Gasteiger partial charge in [0.25, 0.3) is 0 Å². The number of fused-ring (bicyclic) bond motifs is 2. The lowest BCUT2D eigenvalue weighted by Gasteiger charge is -2.51. The first kappa shape index (κ1) is 19.7. The zero-order valence-corrected chi connectivity index (χ0v) is 17.1. The van der Waals surface area contributed by atoms with Gasteiger partial charge in [-0.2, -0.15) is 0 Å². The number of methoxy groups -OCH3 is 1. The number of rotatable bonds is 4. The largest absolute Gasteiger partial charge is 0.496 e. The fraction of sp³-hybridized carbons (Fsp3) is 0.458. The summed E-state index contributed by atoms with van der Waals surface area (Å²) >= 11 is 0. The normalized spacial score (nSPS) is 27.4. The molecule has 2 spiro atoms. The summed E-state index contributed by atoms with van der Waals surface area (Å²) in [6.45, 7) is 1.65. The molecule has 0 saturated carbocycles. The minimum Gasteiger partial charge on any atom is -0.496 e. The van der Waals surface area contributed by atoms with Crippen molar-refractivity contribution < 1.29 is 28.5 Å². The Kier molecular flexibility index (Phi) is 5.11. The van der Waals surface area contributed by atoms with Crippen LogP contribution in [0.4, 0.5) is 0 Å². The number of hydrogen-bond donors (Lipinski definition) is 0. The second-order valence-electron chi connectivity index (χ2n) is 7.95. The van der Waals surface area contributed by atoms with E-state index in [1.807, 2.05) is 42.5 Å². The molecule has 6 nitrogen and oxygen atoms in total. The number of ether oxygens (including phenoxy) is 5. The van der Waals surface area contributed by atoms with Crippen LogP contribution in [0.2, 0.25) is 0 Å². The van der Waals surface area contributed by atoms with Gasteiger partial charge in [-0.1, -0.05) is 42.5 Å². The smallest absolute Gasteiger partial charge is 0.230 e. The lowest BCUT2D eigenvalue weighted by atomic mass is 9.69. The summed E-state index contributed by atoms with van der Waals surface area (Å²) in [5, 5.41) is 0. The Labute approximate surface area is 176 Å². The van der Waals surface area contributed by atoms with Gasteiger partial charge in [0.1, 0.15) is 5.75 Å². The third-order valence-corrected chi connectivity index (χ3v) is 6.27. The Morgan fingerprint density at radius 3 is 2.47 bits per heavy atom. The van der Waals surface area contributed by atoms with Gasteiger partial charge in [-0.15, -0.1) is 0 Å². The van der Waals surface area contributed by atoms with Crippen LogP contribution in [0.1, 0.15) is 40.7 Å². The lowest BCUT2D eigenvalue weighted by Crippen LogP contribution is -2.66. The molecule has 6 heteroatoms. The highest BCUT2D eigenvalue weighted by molar-refractivity contribution is 6.06. The van der Waals surface area contributed by atoms with E-state index in [0.29, 0.717) is 49.7 Å². The first-order valence-corrected chi connectivity index (χ1v) is 10.5. The molecule has 2 aromatic carbocycles. The van der Waals surface area contributed by atoms with Gasteiger partial charge in [-0.05, 0) is 30.9 Å². The summed E-state index contributed by atoms with van der Waals surface area (Å²) < 4.78 is 30.9. The molecule has 2 fully saturated rings. The molecule has 5 rings (SSSR count). The maximum atomic E-state index is 13.9. The van der Waals surface area contributed by atoms with E-state index in [2.05, 4.69) is 0 Å². The van der Waals surface area contributed by atoms with E-state index in [0.717, 1.165) is 18.4 Å². The highest BCUT2D eigenvalue weighted by Gasteiger charge is 2.66. The van der Waals surface area contributed by atoms with Gasteiger partial charge in [0.2, 0.25) is 5.79 Å². The molecule has 158 valence electrons. The highest BCUT2D eigenvalue weighted by atomic mass is 16.8. The van der Waals surface area contributed by atoms with Gasteiger partial charge < -0.3 is 23.7 Å². The van der Waals surface area contributed by atoms with Crippen LogP contribution in [0.5, 0.6) is 5.75 Å². The number of benzene rings is 2. The molecule has 2 heterocycles. The van der Waals surface area contributed by atoms with Crippen LogP contribution in [0.3, 0.4) is 0 Å². The summed E-state index contributed by atoms with van der Waals surface area (Å²) in [7, 11) is 1.59. The van der Waals surface area contributed by atoms with Crippen molar-refractivity contribution in [1.82, 2.24) is 0 Å². The number of hydrogen-bond acceptors (Lipinski definition) is 6. The van der Waals surface area contributed by atoms with Crippen LogP contribution < -0.4 is 4.74 Å². The zero-order valence-electron chi connectivity index (χ0n) is 17.1. The molecule has 0 unspecified atom stereocenters. The van der Waals surface area contributed by atoms with Gasteiger partial charge in [0.05, 0.1) is 32.5 Å². The molecule has 1 aliphatic carbocycles. The molecular formula is C24H26O6. The minimum atomic E-state index is -1.25. The van der Waals surface area contributed by atoms with E-state index in [1.54, 1.807) is 13.2 Å². The van der Waals surface area contributed by atoms with Crippen molar-refractivity contribution in [3.8, 4) is 5.75 Å². The van der Waals surface area contributed by atoms with E-state index in [-0.39, 0.29) is 5.78 Å². The molecule has 0 radical (unpaired) electrons. The Balaban J connectivity index is 1.66. The van der Waals surface area contributed by atoms with Crippen LogP contribution >= 0.6 is 0 Å². The Bertz CT molecular complexity index is 913. The lowest BCUT2D eigenvalue weighted by molar-refractivity contribution is -0.297. The van der Waals surface area contributed by atoms with Crippen molar-refractivity contribution in [2.45, 2.75) is 43.4 Å². The fourth-order valence-electron chi connectivity index (χ4n) is 4.96. The maximum absolute atomic E-state index is 13.9. The fourth-order valence-corrected chi connectivity index (χ4v) is 4.96. The maximum Gasteiger partial charge on any atom is 0.230 e. The van der Waals surface area contributed by atoms with Crippen molar-refractivity contribution >= 4 is 5.78 Å². The summed E-state index contributed by atoms with van der Waals surface area (Å²) in [5.74, 6) is -0.775. The second-order valence-corrected chi connectivity index (χ2v) is 7.95. The Morgan fingerprint density at radius 1 is 0.967 bits per heavy atom. The average molecular weight is 410 g/mol. The van der Waals surface area contributed by atoms with Crippen molar-refractivity contribution in [2.75, 3.05) is 26.9 Å². The molecule has 2 aromatic rings. The topological polar surface area (TPSA) is 63.2 Å². The Morgan fingerprint density at radius 2 is 1.77 bits per heavy atom. The molecule has 0 N–H and O–H groups in total. The number of ketones is 1. The van der Waals surface area contributed by atoms with Gasteiger partial charge in [-0.3, -0.25) is 4.79 Å². The van der Waals surface area contributed by atoms with Crippen molar-refractivity contribution in [2.24, 2.45) is 0 Å². The monoisotopic (exact) mass is 410 g/mol. The minimum absolute atomic E-state index is 0.0844. The molecule has 2 atom stereocenters. The van der Waals surface area contributed by atoms with Crippen LogP contribution in [0.25, 0.3) is 0 Å². The van der Waals surface area contributed by atoms with Gasteiger partial charge >= 0.3 is 0 Å². The van der Waals surface area contributed by atoms with Crippen LogP contribution in [-0.4, -0.2) is 44.4 Å². The zero-order chi connectivity index (χ0) is 20.6. The number of carbonyl (C=O) groups excluding carboxylic acids is 1. The SMILES string of the molecule is COc1cccc2c1C1(OCCO1)[C@@H](OCc1ccccc1)[C@@]1(CCCCO1)C2=O. The molecule has 0 aromatic heterocycles. The van der Waals surface area contributed by atoms with Crippen molar-refractivity contribution in [3.63, 3.8) is 0 Å². The third kappa shape index (κ3) is 2.90. The van der Waals surface area contributed by atoms with Crippen molar-refractivity contribution in [3.05, 3.63) is 65.2 Å². The molecule has 3 aliphatic rings. The molecule has 2 aliphatic heterocycles. The standard InChI is InChI=1S/C24H26O6/c1-26-19-11-7-10-18-20(19)24(29-14-15-30-24)22(27-16-17-8-3-2-4-9-17)23(21(18)25)12-5-6-13-28-23/h2-4,7-11,22H,5-6,12-16H2,1H3/t22-,23+/m0/s1. The molecular weight excluding hydrogens is 384 g/mol. The van der Waals surface area contributed by atoms with E-state index < -0.39 is 17.5 Å². The average Bonchev–Trinajstić information content (AvgIpc) is 3.29. The summed E-state index contributed by atoms with van der Waals surface area (Å²) in [4.78, 5) is 13.9. The van der Waals surface area contributed by atoms with Crippen LogP contribution in [0.15, 0.2) is 48.5 Å². The van der Waals surface area contributed by atoms with Crippen molar-refractivity contribution in [1.29, 1.82) is 0 Å². The van der Waals surface area contributed by atoms with Gasteiger partial charge in [0.15, 0.2) is 17.5 Å². The summed E-state index contributed by atoms with van der Waals surface area (Å²) in [6, 6.07) is 15.3. The molecule has 0 amide bonds. The molecule has 2 saturated heterocycles. The molecule has 30 heavy (non-hydrogen) atoms. The predicted molar refractivity (Wildman–Crippen MR) is 108 cm³/mol. The quantitative estimate of drug-likeness (QED) is 0.767. The van der Waals surface area contributed by atoms with E-state index in [1.165, 1.54) is 0 Å². The summed E-state index contributed by atoms with van der Waals surface area (Å²) in [5.41, 5.74) is 0.997. The van der Waals surface area contributed by atoms with Crippen LogP contribution in [-0.2, 0) is 31.3 Å². The third-order valence-electron chi connectivity index (χ3n) is 6.27.